The zero-order valence-electron chi connectivity index (χ0n) is 29.1. The fourth-order valence-electron chi connectivity index (χ4n) is 6.48. The van der Waals surface area contributed by atoms with Gasteiger partial charge in [-0.05, 0) is 40.5 Å². The molecule has 0 bridgehead atoms. The zero-order valence-corrected chi connectivity index (χ0v) is 29.1. The van der Waals surface area contributed by atoms with Crippen molar-refractivity contribution in [1.29, 1.82) is 0 Å². The Labute approximate surface area is 278 Å². The summed E-state index contributed by atoms with van der Waals surface area (Å²) in [5.41, 5.74) is -0.333. The van der Waals surface area contributed by atoms with Crippen molar-refractivity contribution in [3.05, 3.63) is 48.7 Å². The third-order valence-corrected chi connectivity index (χ3v) is 8.69. The first-order valence-electron chi connectivity index (χ1n) is 17.2. The number of rotatable bonds is 22. The molecule has 262 valence electrons. The second-order valence-corrected chi connectivity index (χ2v) is 12.0. The number of unbranched alkanes of at least 4 members (excludes halogenated alkanes) is 12. The quantitative estimate of drug-likeness (QED) is 0.0513. The van der Waals surface area contributed by atoms with Gasteiger partial charge in [0, 0.05) is 28.5 Å². The Kier molecular flexibility index (Phi) is 17.1. The van der Waals surface area contributed by atoms with Crippen LogP contribution >= 0.6 is 0 Å². The molecule has 0 saturated carbocycles. The van der Waals surface area contributed by atoms with Gasteiger partial charge in [0.25, 0.3) is 5.69 Å². The molecule has 2 rings (SSSR count). The summed E-state index contributed by atoms with van der Waals surface area (Å²) in [5.74, 6) is -4.15. The molecule has 2 unspecified atom stereocenters. The predicted molar refractivity (Wildman–Crippen MR) is 181 cm³/mol. The molecule has 1 aliphatic rings. The number of hydrogen-bond acceptors (Lipinski definition) is 10. The monoisotopic (exact) mass is 659 g/mol. The number of ether oxygens (including phenoxy) is 3. The van der Waals surface area contributed by atoms with Crippen molar-refractivity contribution < 1.29 is 33.6 Å². The summed E-state index contributed by atoms with van der Waals surface area (Å²) in [6, 6.07) is 0.906. The topological polar surface area (TPSA) is 160 Å². The Morgan fingerprint density at radius 1 is 0.787 bits per heavy atom. The van der Waals surface area contributed by atoms with Crippen LogP contribution in [0.15, 0.2) is 22.3 Å². The molecule has 0 aliphatic carbocycles. The van der Waals surface area contributed by atoms with Crippen LogP contribution in [-0.2, 0) is 25.5 Å². The summed E-state index contributed by atoms with van der Waals surface area (Å²) < 4.78 is 16.3. The summed E-state index contributed by atoms with van der Waals surface area (Å²) in [6.07, 6.45) is 14.8. The average molecular weight is 660 g/mol. The molecule has 0 saturated heterocycles. The highest BCUT2D eigenvalue weighted by molar-refractivity contribution is 6.07. The van der Waals surface area contributed by atoms with Gasteiger partial charge in [-0.2, -0.15) is 0 Å². The molecule has 2 atom stereocenters. The van der Waals surface area contributed by atoms with E-state index in [-0.39, 0.29) is 47.8 Å². The van der Waals surface area contributed by atoms with Crippen molar-refractivity contribution in [3.8, 4) is 5.75 Å². The highest BCUT2D eigenvalue weighted by Crippen LogP contribution is 2.50. The minimum absolute atomic E-state index is 0.0183. The number of nitrogens with zero attached hydrogens (tertiary/aromatic N) is 3. The highest BCUT2D eigenvalue weighted by Gasteiger charge is 2.47. The number of nitro groups is 2. The number of methoxy groups -OCH3 is 1. The fourth-order valence-corrected chi connectivity index (χ4v) is 6.48. The predicted octanol–water partition coefficient (Wildman–Crippen LogP) is 8.72. The molecule has 0 fully saturated rings. The number of esters is 2. The second kappa shape index (κ2) is 20.4. The van der Waals surface area contributed by atoms with Crippen LogP contribution in [0.3, 0.4) is 0 Å². The van der Waals surface area contributed by atoms with Gasteiger partial charge in [0.1, 0.15) is 5.92 Å². The molecule has 1 aliphatic heterocycles. The third-order valence-electron chi connectivity index (χ3n) is 8.69. The lowest BCUT2D eigenvalue weighted by Crippen LogP contribution is -2.37. The lowest BCUT2D eigenvalue weighted by Gasteiger charge is -2.33. The Hall–Kier alpha value is -3.83. The lowest BCUT2D eigenvalue weighted by molar-refractivity contribution is -0.395. The van der Waals surface area contributed by atoms with Crippen LogP contribution in [0, 0.1) is 26.1 Å². The van der Waals surface area contributed by atoms with Gasteiger partial charge >= 0.3 is 17.6 Å². The van der Waals surface area contributed by atoms with Gasteiger partial charge in [-0.1, -0.05) is 84.0 Å². The third kappa shape index (κ3) is 10.9. The number of carbonyl (C=O) groups is 2. The Morgan fingerprint density at radius 2 is 1.30 bits per heavy atom. The largest absolute Gasteiger partial charge is 0.490 e. The Balaban J connectivity index is 2.48. The molecule has 1 heterocycles. The normalized spacial score (nSPS) is 16.1. The minimum atomic E-state index is -1.23. The minimum Gasteiger partial charge on any atom is -0.490 e. The highest BCUT2D eigenvalue weighted by atomic mass is 16.6. The maximum absolute atomic E-state index is 13.5. The van der Waals surface area contributed by atoms with Crippen LogP contribution < -0.4 is 4.74 Å². The van der Waals surface area contributed by atoms with E-state index in [1.807, 2.05) is 0 Å². The van der Waals surface area contributed by atoms with E-state index < -0.39 is 45.0 Å². The van der Waals surface area contributed by atoms with E-state index in [4.69, 9.17) is 14.2 Å². The number of nitro benzene ring substituents is 2. The van der Waals surface area contributed by atoms with Crippen LogP contribution in [-0.4, -0.2) is 47.8 Å². The first kappa shape index (κ1) is 39.3. The molecule has 1 aromatic rings. The van der Waals surface area contributed by atoms with Crippen LogP contribution in [0.25, 0.3) is 0 Å². The molecule has 0 aromatic heterocycles. The standard InChI is InChI=1S/C35H53N3O9/c1-7-10-11-12-13-14-15-16-17-18-19-20-21-22-26-27(37(41)42)23-28(38(43)44)33(45-6)31(26)32-29(34(39)46-8-2)24(4)36-25(5)30(32)35(40)47-9-3/h23,29,32H,7-22H2,1-6H3. The van der Waals surface area contributed by atoms with Gasteiger partial charge in [-0.15, -0.1) is 0 Å². The SMILES string of the molecule is CCCCCCCCCCCCCCCc1c([N+](=O)[O-])cc([N+](=O)[O-])c(OC)c1C1C(C(=O)OCC)=C(C)N=C(C)C1C(=O)OCC. The first-order valence-corrected chi connectivity index (χ1v) is 17.2. The van der Waals surface area contributed by atoms with E-state index in [1.54, 1.807) is 27.7 Å². The summed E-state index contributed by atoms with van der Waals surface area (Å²) in [7, 11) is 1.23. The van der Waals surface area contributed by atoms with Crippen molar-refractivity contribution in [2.24, 2.45) is 10.9 Å². The number of allylic oxidation sites excluding steroid dienone is 1. The first-order chi connectivity index (χ1) is 22.5. The molecule has 0 amide bonds. The van der Waals surface area contributed by atoms with E-state index in [9.17, 15) is 29.8 Å². The molecular formula is C35H53N3O9. The van der Waals surface area contributed by atoms with Crippen LogP contribution in [0.4, 0.5) is 11.4 Å². The molecule has 0 N–H and O–H groups in total. The van der Waals surface area contributed by atoms with Crippen molar-refractivity contribution in [2.75, 3.05) is 20.3 Å². The number of hydrogen-bond donors (Lipinski definition) is 0. The average Bonchev–Trinajstić information content (AvgIpc) is 3.02. The smallest absolute Gasteiger partial charge is 0.336 e. The summed E-state index contributed by atoms with van der Waals surface area (Å²) >= 11 is 0. The van der Waals surface area contributed by atoms with E-state index in [2.05, 4.69) is 11.9 Å². The van der Waals surface area contributed by atoms with Crippen LogP contribution in [0.5, 0.6) is 5.75 Å². The fraction of sp³-hybridized carbons (Fsp3) is 0.686. The summed E-state index contributed by atoms with van der Waals surface area (Å²) in [4.78, 5) is 54.7. The number of benzene rings is 1. The molecule has 12 nitrogen and oxygen atoms in total. The van der Waals surface area contributed by atoms with Gasteiger partial charge in [-0.3, -0.25) is 30.0 Å². The maximum atomic E-state index is 13.5. The van der Waals surface area contributed by atoms with E-state index in [0.29, 0.717) is 12.1 Å². The lowest BCUT2D eigenvalue weighted by atomic mass is 9.73. The summed E-state index contributed by atoms with van der Waals surface area (Å²) in [5, 5.41) is 24.7. The van der Waals surface area contributed by atoms with E-state index >= 15 is 0 Å². The molecule has 0 spiro atoms. The van der Waals surface area contributed by atoms with Crippen molar-refractivity contribution in [2.45, 2.75) is 130 Å². The van der Waals surface area contributed by atoms with E-state index in [1.165, 1.54) is 58.5 Å². The zero-order chi connectivity index (χ0) is 34.9. The number of aliphatic imine (C=N–C) groups is 1. The second-order valence-electron chi connectivity index (χ2n) is 12.0. The van der Waals surface area contributed by atoms with Crippen LogP contribution in [0.2, 0.25) is 0 Å². The van der Waals surface area contributed by atoms with E-state index in [0.717, 1.165) is 31.7 Å². The van der Waals surface area contributed by atoms with Gasteiger partial charge in [-0.25, -0.2) is 4.79 Å². The maximum Gasteiger partial charge on any atom is 0.336 e. The van der Waals surface area contributed by atoms with Gasteiger partial charge in [0.15, 0.2) is 0 Å². The summed E-state index contributed by atoms with van der Waals surface area (Å²) in [6.45, 7) is 8.71. The molecule has 1 aromatic carbocycles. The van der Waals surface area contributed by atoms with Gasteiger partial charge in [0.05, 0.1) is 41.8 Å². The van der Waals surface area contributed by atoms with Gasteiger partial charge in [0.2, 0.25) is 5.75 Å². The Bertz CT molecular complexity index is 1310. The van der Waals surface area contributed by atoms with Crippen molar-refractivity contribution >= 4 is 29.0 Å². The molecular weight excluding hydrogens is 606 g/mol. The Morgan fingerprint density at radius 3 is 1.77 bits per heavy atom. The molecule has 12 heteroatoms. The number of carbonyl (C=O) groups excluding carboxylic acids is 2. The van der Waals surface area contributed by atoms with Crippen molar-refractivity contribution in [1.82, 2.24) is 0 Å². The van der Waals surface area contributed by atoms with Crippen molar-refractivity contribution in [3.63, 3.8) is 0 Å². The molecule has 47 heavy (non-hydrogen) atoms. The van der Waals surface area contributed by atoms with Gasteiger partial charge < -0.3 is 14.2 Å². The van der Waals surface area contributed by atoms with Crippen LogP contribution in [0.1, 0.15) is 135 Å². The molecule has 0 radical (unpaired) electrons.